The molecule has 0 spiro atoms. The first kappa shape index (κ1) is 22.8. The molecule has 3 aromatic carbocycles. The number of nitro benzene ring substituents is 1. The number of nitro groups is 1. The highest BCUT2D eigenvalue weighted by Gasteiger charge is 2.31. The molecular weight excluding hydrogens is 448 g/mol. The number of anilines is 2. The fourth-order valence-corrected chi connectivity index (χ4v) is 4.77. The van der Waals surface area contributed by atoms with Gasteiger partial charge >= 0.3 is 5.69 Å². The van der Waals surface area contributed by atoms with Gasteiger partial charge in [0.15, 0.2) is 5.52 Å². The van der Waals surface area contributed by atoms with Crippen molar-refractivity contribution in [3.05, 3.63) is 88.0 Å². The van der Waals surface area contributed by atoms with Gasteiger partial charge in [-0.25, -0.2) is 4.63 Å². The number of aromatic nitrogens is 2. The molecule has 0 aliphatic carbocycles. The van der Waals surface area contributed by atoms with E-state index in [2.05, 4.69) is 74.0 Å². The van der Waals surface area contributed by atoms with Crippen LogP contribution in [0.1, 0.15) is 17.2 Å². The molecule has 1 saturated heterocycles. The van der Waals surface area contributed by atoms with E-state index in [1.165, 1.54) is 11.1 Å². The molecule has 180 valence electrons. The van der Waals surface area contributed by atoms with Crippen LogP contribution >= 0.6 is 0 Å². The van der Waals surface area contributed by atoms with Crippen LogP contribution in [0.3, 0.4) is 0 Å². The number of piperazine rings is 1. The molecule has 1 aromatic heterocycles. The lowest BCUT2D eigenvalue weighted by atomic mass is 9.96. The second kappa shape index (κ2) is 10.1. The van der Waals surface area contributed by atoms with Gasteiger partial charge in [0.05, 0.1) is 23.3 Å². The van der Waals surface area contributed by atoms with Gasteiger partial charge in [-0.15, -0.1) is 0 Å². The van der Waals surface area contributed by atoms with E-state index in [-0.39, 0.29) is 36.1 Å². The highest BCUT2D eigenvalue weighted by molar-refractivity contribution is 5.99. The molecule has 1 fully saturated rings. The average molecular weight is 475 g/mol. The highest BCUT2D eigenvalue weighted by Crippen LogP contribution is 2.39. The van der Waals surface area contributed by atoms with Crippen LogP contribution in [0.5, 0.6) is 0 Å². The van der Waals surface area contributed by atoms with Crippen LogP contribution in [0.15, 0.2) is 71.4 Å². The molecule has 1 aliphatic heterocycles. The second-order valence-corrected chi connectivity index (χ2v) is 8.41. The number of nitrogens with zero attached hydrogens (tertiary/aromatic N) is 5. The van der Waals surface area contributed by atoms with E-state index in [0.29, 0.717) is 18.6 Å². The summed E-state index contributed by atoms with van der Waals surface area (Å²) < 4.78 is 4.90. The van der Waals surface area contributed by atoms with Crippen molar-refractivity contribution in [2.24, 2.45) is 0 Å². The Kier molecular flexibility index (Phi) is 6.55. The molecular formula is C25H26N6O4. The molecule has 0 saturated carbocycles. The van der Waals surface area contributed by atoms with Crippen LogP contribution in [0.4, 0.5) is 17.1 Å². The van der Waals surface area contributed by atoms with Crippen LogP contribution in [-0.4, -0.2) is 64.6 Å². The zero-order valence-electron chi connectivity index (χ0n) is 19.1. The Morgan fingerprint density at radius 3 is 2.14 bits per heavy atom. The molecule has 0 amide bonds. The third-order valence-corrected chi connectivity index (χ3v) is 6.35. The van der Waals surface area contributed by atoms with Gasteiger partial charge in [0.25, 0.3) is 0 Å². The lowest BCUT2D eigenvalue weighted by Crippen LogP contribution is -2.48. The number of aliphatic hydroxyl groups excluding tert-OH is 1. The molecule has 0 unspecified atom stereocenters. The lowest BCUT2D eigenvalue weighted by Gasteiger charge is -2.40. The number of rotatable bonds is 8. The lowest BCUT2D eigenvalue weighted by molar-refractivity contribution is -0.382. The van der Waals surface area contributed by atoms with Crippen molar-refractivity contribution in [2.45, 2.75) is 6.04 Å². The van der Waals surface area contributed by atoms with Crippen molar-refractivity contribution in [3.8, 4) is 0 Å². The summed E-state index contributed by atoms with van der Waals surface area (Å²) in [5, 5.41) is 31.7. The van der Waals surface area contributed by atoms with E-state index in [9.17, 15) is 15.2 Å². The predicted molar refractivity (Wildman–Crippen MR) is 133 cm³/mol. The number of benzene rings is 3. The maximum atomic E-state index is 11.7. The summed E-state index contributed by atoms with van der Waals surface area (Å²) in [6.45, 7) is 3.02. The number of hydrogen-bond donors (Lipinski definition) is 2. The largest absolute Gasteiger partial charge is 0.395 e. The van der Waals surface area contributed by atoms with Crippen molar-refractivity contribution in [1.29, 1.82) is 0 Å². The average Bonchev–Trinajstić information content (AvgIpc) is 3.38. The normalized spacial score (nSPS) is 14.5. The number of aliphatic hydroxyl groups is 1. The first-order valence-electron chi connectivity index (χ1n) is 11.5. The fraction of sp³-hybridized carbons (Fsp3) is 0.280. The minimum Gasteiger partial charge on any atom is -0.395 e. The molecule has 5 rings (SSSR count). The molecule has 1 aliphatic rings. The molecule has 0 atom stereocenters. The van der Waals surface area contributed by atoms with Crippen molar-refractivity contribution in [2.75, 3.05) is 49.5 Å². The Hall–Kier alpha value is -4.02. The number of hydrogen-bond acceptors (Lipinski definition) is 9. The Morgan fingerprint density at radius 1 is 0.971 bits per heavy atom. The first-order valence-corrected chi connectivity index (χ1v) is 11.5. The fourth-order valence-electron chi connectivity index (χ4n) is 4.77. The van der Waals surface area contributed by atoms with E-state index >= 15 is 0 Å². The van der Waals surface area contributed by atoms with Crippen molar-refractivity contribution in [1.82, 2.24) is 15.2 Å². The van der Waals surface area contributed by atoms with Crippen LogP contribution in [0, 0.1) is 10.1 Å². The second-order valence-electron chi connectivity index (χ2n) is 8.41. The topological polar surface area (TPSA) is 121 Å². The minimum atomic E-state index is -0.502. The predicted octanol–water partition coefficient (Wildman–Crippen LogP) is 3.45. The van der Waals surface area contributed by atoms with E-state index in [4.69, 9.17) is 4.63 Å². The summed E-state index contributed by atoms with van der Waals surface area (Å²) in [5.41, 5.74) is 3.75. The zero-order valence-corrected chi connectivity index (χ0v) is 19.1. The molecule has 10 nitrogen and oxygen atoms in total. The Bertz CT molecular complexity index is 1250. The number of nitrogens with one attached hydrogen (secondary N) is 1. The van der Waals surface area contributed by atoms with E-state index in [0.717, 1.165) is 18.8 Å². The molecule has 4 aromatic rings. The van der Waals surface area contributed by atoms with E-state index < -0.39 is 4.92 Å². The third kappa shape index (κ3) is 4.53. The molecule has 2 N–H and O–H groups in total. The summed E-state index contributed by atoms with van der Waals surface area (Å²) in [4.78, 5) is 15.9. The zero-order chi connectivity index (χ0) is 24.2. The van der Waals surface area contributed by atoms with Gasteiger partial charge in [0.2, 0.25) is 5.52 Å². The Balaban J connectivity index is 1.44. The number of fused-ring (bicyclic) bond motifs is 1. The molecule has 10 heteroatoms. The van der Waals surface area contributed by atoms with Gasteiger partial charge in [-0.1, -0.05) is 60.7 Å². The SMILES string of the molecule is O=[N+]([O-])c1c(NCCO)cc(N2CCN(C(c3ccccc3)c3ccccc3)CC2)c2nonc12. The molecule has 35 heavy (non-hydrogen) atoms. The van der Waals surface area contributed by atoms with E-state index in [1.54, 1.807) is 6.07 Å². The summed E-state index contributed by atoms with van der Waals surface area (Å²) in [7, 11) is 0. The smallest absolute Gasteiger partial charge is 0.323 e. The Morgan fingerprint density at radius 2 is 1.57 bits per heavy atom. The van der Waals surface area contributed by atoms with Crippen molar-refractivity contribution < 1.29 is 14.7 Å². The quantitative estimate of drug-likeness (QED) is 0.292. The van der Waals surface area contributed by atoms with E-state index in [1.807, 2.05) is 12.1 Å². The maximum Gasteiger partial charge on any atom is 0.323 e. The summed E-state index contributed by atoms with van der Waals surface area (Å²) in [6, 6.07) is 22.8. The summed E-state index contributed by atoms with van der Waals surface area (Å²) >= 11 is 0. The third-order valence-electron chi connectivity index (χ3n) is 6.35. The molecule has 0 bridgehead atoms. The van der Waals surface area contributed by atoms with Gasteiger partial charge in [0.1, 0.15) is 5.69 Å². The summed E-state index contributed by atoms with van der Waals surface area (Å²) in [6.07, 6.45) is 0. The van der Waals surface area contributed by atoms with Crippen molar-refractivity contribution >= 4 is 28.1 Å². The van der Waals surface area contributed by atoms with Gasteiger partial charge in [-0.3, -0.25) is 15.0 Å². The monoisotopic (exact) mass is 474 g/mol. The van der Waals surface area contributed by atoms with Crippen LogP contribution in [-0.2, 0) is 0 Å². The summed E-state index contributed by atoms with van der Waals surface area (Å²) in [5.74, 6) is 0. The van der Waals surface area contributed by atoms with Gasteiger partial charge < -0.3 is 15.3 Å². The molecule has 0 radical (unpaired) electrons. The standard InChI is InChI=1S/C25H26N6O4/c32-16-11-26-20-17-21(22-23(28-35-27-22)25(20)31(33)34)29-12-14-30(15-13-29)24(18-7-3-1-4-8-18)19-9-5-2-6-10-19/h1-10,17,24,26,32H,11-16H2. The van der Waals surface area contributed by atoms with Crippen molar-refractivity contribution in [3.63, 3.8) is 0 Å². The van der Waals surface area contributed by atoms with Gasteiger partial charge in [-0.2, -0.15) is 0 Å². The highest BCUT2D eigenvalue weighted by atomic mass is 16.6. The first-order chi connectivity index (χ1) is 17.2. The van der Waals surface area contributed by atoms with Gasteiger partial charge in [0, 0.05) is 32.7 Å². The Labute approximate surface area is 201 Å². The molecule has 2 heterocycles. The van der Waals surface area contributed by atoms with Crippen LogP contribution < -0.4 is 10.2 Å². The minimum absolute atomic E-state index is 0.0989. The van der Waals surface area contributed by atoms with Gasteiger partial charge in [-0.05, 0) is 27.5 Å². The van der Waals surface area contributed by atoms with Crippen LogP contribution in [0.25, 0.3) is 11.0 Å². The maximum absolute atomic E-state index is 11.7. The van der Waals surface area contributed by atoms with Crippen LogP contribution in [0.2, 0.25) is 0 Å².